The van der Waals surface area contributed by atoms with E-state index in [0.29, 0.717) is 12.4 Å². The van der Waals surface area contributed by atoms with Crippen molar-refractivity contribution in [2.45, 2.75) is 59.9 Å². The molecule has 5 nitrogen and oxygen atoms in total. The van der Waals surface area contributed by atoms with Crippen LogP contribution in [-0.4, -0.2) is 34.7 Å². The molecule has 0 saturated heterocycles. The number of aromatic nitrogens is 2. The van der Waals surface area contributed by atoms with E-state index in [-0.39, 0.29) is 10.8 Å². The van der Waals surface area contributed by atoms with Gasteiger partial charge in [0.2, 0.25) is 5.89 Å². The van der Waals surface area contributed by atoms with Gasteiger partial charge in [-0.05, 0) is 24.9 Å². The summed E-state index contributed by atoms with van der Waals surface area (Å²) in [6.45, 7) is 16.1. The van der Waals surface area contributed by atoms with Gasteiger partial charge in [-0.3, -0.25) is 4.90 Å². The van der Waals surface area contributed by atoms with Crippen LogP contribution >= 0.6 is 0 Å². The normalized spacial score (nSPS) is 13.2. The van der Waals surface area contributed by atoms with Crippen LogP contribution in [0.4, 0.5) is 0 Å². The van der Waals surface area contributed by atoms with Gasteiger partial charge in [-0.2, -0.15) is 4.98 Å². The second-order valence-corrected chi connectivity index (χ2v) is 7.34. The van der Waals surface area contributed by atoms with Gasteiger partial charge in [-0.25, -0.2) is 0 Å². The molecule has 5 heteroatoms. The lowest BCUT2D eigenvalue weighted by Crippen LogP contribution is -2.39. The Bertz CT molecular complexity index is 406. The molecule has 0 radical (unpaired) electrons. The van der Waals surface area contributed by atoms with Crippen LogP contribution in [-0.2, 0) is 12.0 Å². The maximum Gasteiger partial charge on any atom is 0.232 e. The predicted octanol–water partition coefficient (Wildman–Crippen LogP) is 2.56. The largest absolute Gasteiger partial charge is 0.339 e. The summed E-state index contributed by atoms with van der Waals surface area (Å²) in [5.74, 6) is 1.46. The van der Waals surface area contributed by atoms with Crippen LogP contribution in [0, 0.1) is 5.41 Å². The number of nitrogens with two attached hydrogens (primary N) is 1. The topological polar surface area (TPSA) is 68.2 Å². The van der Waals surface area contributed by atoms with Crippen molar-refractivity contribution >= 4 is 0 Å². The minimum absolute atomic E-state index is 0.0998. The summed E-state index contributed by atoms with van der Waals surface area (Å²) in [6.07, 6.45) is 1.10. The zero-order chi connectivity index (χ0) is 15.4. The molecule has 20 heavy (non-hydrogen) atoms. The first-order valence-corrected chi connectivity index (χ1v) is 7.43. The van der Waals surface area contributed by atoms with Gasteiger partial charge in [0, 0.05) is 12.0 Å². The molecule has 0 atom stereocenters. The zero-order valence-corrected chi connectivity index (χ0v) is 13.9. The van der Waals surface area contributed by atoms with E-state index in [2.05, 4.69) is 56.6 Å². The van der Waals surface area contributed by atoms with Crippen molar-refractivity contribution in [3.63, 3.8) is 0 Å². The first-order valence-electron chi connectivity index (χ1n) is 7.43. The van der Waals surface area contributed by atoms with Crippen LogP contribution in [0.2, 0.25) is 0 Å². The first kappa shape index (κ1) is 17.1. The van der Waals surface area contributed by atoms with Crippen molar-refractivity contribution in [2.75, 3.05) is 19.6 Å². The third-order valence-electron chi connectivity index (χ3n) is 3.22. The Morgan fingerprint density at radius 3 is 2.30 bits per heavy atom. The number of rotatable bonds is 7. The van der Waals surface area contributed by atoms with E-state index in [4.69, 9.17) is 10.3 Å². The molecular weight excluding hydrogens is 252 g/mol. The van der Waals surface area contributed by atoms with Crippen molar-refractivity contribution < 1.29 is 4.52 Å². The summed E-state index contributed by atoms with van der Waals surface area (Å²) in [5.41, 5.74) is 5.83. The van der Waals surface area contributed by atoms with Crippen LogP contribution < -0.4 is 5.73 Å². The second-order valence-electron chi connectivity index (χ2n) is 7.34. The molecule has 1 aromatic rings. The van der Waals surface area contributed by atoms with Gasteiger partial charge < -0.3 is 10.3 Å². The number of hydrogen-bond acceptors (Lipinski definition) is 5. The highest BCUT2D eigenvalue weighted by atomic mass is 16.5. The maximum absolute atomic E-state index is 5.83. The summed E-state index contributed by atoms with van der Waals surface area (Å²) in [7, 11) is 0. The smallest absolute Gasteiger partial charge is 0.232 e. The minimum atomic E-state index is -0.0998. The standard InChI is InChI=1S/C15H30N4O/c1-7-8-19(11-15(5,6)10-16)9-12-17-13(20-18-12)14(2,3)4/h7-11,16H2,1-6H3. The second kappa shape index (κ2) is 6.68. The third kappa shape index (κ3) is 5.21. The minimum Gasteiger partial charge on any atom is -0.339 e. The summed E-state index contributed by atoms with van der Waals surface area (Å²) in [5, 5.41) is 4.10. The van der Waals surface area contributed by atoms with Gasteiger partial charge in [-0.1, -0.05) is 46.7 Å². The van der Waals surface area contributed by atoms with Crippen molar-refractivity contribution in [2.24, 2.45) is 11.1 Å². The summed E-state index contributed by atoms with van der Waals surface area (Å²) >= 11 is 0. The number of nitrogens with zero attached hydrogens (tertiary/aromatic N) is 3. The fourth-order valence-electron chi connectivity index (χ4n) is 2.02. The number of hydrogen-bond donors (Lipinski definition) is 1. The van der Waals surface area contributed by atoms with E-state index < -0.39 is 0 Å². The van der Waals surface area contributed by atoms with E-state index in [9.17, 15) is 0 Å². The quantitative estimate of drug-likeness (QED) is 0.832. The highest BCUT2D eigenvalue weighted by molar-refractivity contribution is 4.98. The van der Waals surface area contributed by atoms with Crippen molar-refractivity contribution in [3.8, 4) is 0 Å². The molecule has 0 aromatic carbocycles. The first-order chi connectivity index (χ1) is 9.18. The molecule has 1 rings (SSSR count). The van der Waals surface area contributed by atoms with E-state index in [1.54, 1.807) is 0 Å². The fourth-order valence-corrected chi connectivity index (χ4v) is 2.02. The molecule has 0 aliphatic rings. The maximum atomic E-state index is 5.83. The van der Waals surface area contributed by atoms with E-state index in [1.807, 2.05) is 0 Å². The van der Waals surface area contributed by atoms with Crippen molar-refractivity contribution in [1.82, 2.24) is 15.0 Å². The lowest BCUT2D eigenvalue weighted by Gasteiger charge is -2.30. The van der Waals surface area contributed by atoms with Crippen LogP contribution in [0.1, 0.15) is 59.7 Å². The molecule has 0 saturated carbocycles. The molecule has 1 aromatic heterocycles. The Kier molecular flexibility index (Phi) is 5.71. The Balaban J connectivity index is 2.73. The molecule has 116 valence electrons. The molecule has 0 unspecified atom stereocenters. The average molecular weight is 282 g/mol. The molecule has 0 aliphatic heterocycles. The Morgan fingerprint density at radius 2 is 1.85 bits per heavy atom. The third-order valence-corrected chi connectivity index (χ3v) is 3.22. The highest BCUT2D eigenvalue weighted by Gasteiger charge is 2.24. The van der Waals surface area contributed by atoms with Crippen LogP contribution in [0.5, 0.6) is 0 Å². The molecule has 0 fully saturated rings. The summed E-state index contributed by atoms with van der Waals surface area (Å²) < 4.78 is 5.35. The van der Waals surface area contributed by atoms with Gasteiger partial charge in [0.05, 0.1) is 6.54 Å². The van der Waals surface area contributed by atoms with Gasteiger partial charge in [-0.15, -0.1) is 0 Å². The molecular formula is C15H30N4O. The average Bonchev–Trinajstić information content (AvgIpc) is 2.77. The van der Waals surface area contributed by atoms with Gasteiger partial charge >= 0.3 is 0 Å². The highest BCUT2D eigenvalue weighted by Crippen LogP contribution is 2.21. The monoisotopic (exact) mass is 282 g/mol. The fraction of sp³-hybridized carbons (Fsp3) is 0.867. The van der Waals surface area contributed by atoms with E-state index in [1.165, 1.54) is 0 Å². The molecule has 0 amide bonds. The molecule has 2 N–H and O–H groups in total. The lowest BCUT2D eigenvalue weighted by molar-refractivity contribution is 0.171. The molecule has 0 aliphatic carbocycles. The van der Waals surface area contributed by atoms with E-state index in [0.717, 1.165) is 31.9 Å². The van der Waals surface area contributed by atoms with E-state index >= 15 is 0 Å². The molecule has 0 bridgehead atoms. The summed E-state index contributed by atoms with van der Waals surface area (Å²) in [4.78, 5) is 6.86. The lowest BCUT2D eigenvalue weighted by atomic mass is 9.93. The molecule has 1 heterocycles. The van der Waals surface area contributed by atoms with Crippen LogP contribution in [0.3, 0.4) is 0 Å². The Labute approximate surface area is 122 Å². The van der Waals surface area contributed by atoms with Crippen LogP contribution in [0.15, 0.2) is 4.52 Å². The van der Waals surface area contributed by atoms with Crippen molar-refractivity contribution in [3.05, 3.63) is 11.7 Å². The molecule has 0 spiro atoms. The zero-order valence-electron chi connectivity index (χ0n) is 13.9. The van der Waals surface area contributed by atoms with Crippen LogP contribution in [0.25, 0.3) is 0 Å². The van der Waals surface area contributed by atoms with Gasteiger partial charge in [0.15, 0.2) is 5.82 Å². The SMILES string of the molecule is CCCN(Cc1noc(C(C)(C)C)n1)CC(C)(C)CN. The predicted molar refractivity (Wildman–Crippen MR) is 81.4 cm³/mol. The Morgan fingerprint density at radius 1 is 1.20 bits per heavy atom. The van der Waals surface area contributed by atoms with Gasteiger partial charge in [0.25, 0.3) is 0 Å². The van der Waals surface area contributed by atoms with Gasteiger partial charge in [0.1, 0.15) is 0 Å². The Hall–Kier alpha value is -0.940. The summed E-state index contributed by atoms with van der Waals surface area (Å²) in [6, 6.07) is 0. The van der Waals surface area contributed by atoms with Crippen molar-refractivity contribution in [1.29, 1.82) is 0 Å².